The predicted octanol–water partition coefficient (Wildman–Crippen LogP) is 2.99. The minimum atomic E-state index is 0.401. The Bertz CT molecular complexity index is 379. The van der Waals surface area contributed by atoms with Gasteiger partial charge in [-0.1, -0.05) is 22.5 Å². The maximum atomic E-state index is 8.68. The zero-order valence-electron chi connectivity index (χ0n) is 7.17. The number of hydrogen-bond donors (Lipinski definition) is 0. The van der Waals surface area contributed by atoms with Crippen molar-refractivity contribution in [3.63, 3.8) is 0 Å². The van der Waals surface area contributed by atoms with Crippen LogP contribution in [0.2, 0.25) is 0 Å². The summed E-state index contributed by atoms with van der Waals surface area (Å²) in [6, 6.07) is 7.45. The summed E-state index contributed by atoms with van der Waals surface area (Å²) in [6.45, 7) is 3.63. The molecule has 0 aromatic heterocycles. The van der Waals surface area contributed by atoms with Gasteiger partial charge in [-0.2, -0.15) is 5.26 Å². The van der Waals surface area contributed by atoms with Crippen LogP contribution >= 0.6 is 15.9 Å². The van der Waals surface area contributed by atoms with E-state index < -0.39 is 0 Å². The predicted molar refractivity (Wildman–Crippen MR) is 55.3 cm³/mol. The molecule has 0 N–H and O–H groups in total. The molecule has 0 atom stereocenters. The summed E-state index contributed by atoms with van der Waals surface area (Å²) in [7, 11) is 1.57. The average molecular weight is 238 g/mol. The number of methoxy groups -OCH3 is 1. The number of halogens is 1. The molecule has 0 aliphatic heterocycles. The molecule has 0 heterocycles. The highest BCUT2D eigenvalue weighted by molar-refractivity contribution is 9.10. The SMILES string of the molecule is C=C(C#N)c1cc(Br)ccc1OC. The van der Waals surface area contributed by atoms with Gasteiger partial charge in [-0.25, -0.2) is 0 Å². The fourth-order valence-electron chi connectivity index (χ4n) is 0.976. The summed E-state index contributed by atoms with van der Waals surface area (Å²) in [4.78, 5) is 0. The highest BCUT2D eigenvalue weighted by atomic mass is 79.9. The Labute approximate surface area is 85.6 Å². The quantitative estimate of drug-likeness (QED) is 0.742. The molecule has 1 aromatic carbocycles. The molecular formula is C10H8BrNO. The molecule has 0 fully saturated rings. The molecular weight excluding hydrogens is 230 g/mol. The second kappa shape index (κ2) is 4.11. The lowest BCUT2D eigenvalue weighted by Gasteiger charge is -2.06. The van der Waals surface area contributed by atoms with Gasteiger partial charge in [0.1, 0.15) is 5.75 Å². The number of hydrogen-bond acceptors (Lipinski definition) is 2. The highest BCUT2D eigenvalue weighted by Gasteiger charge is 2.06. The van der Waals surface area contributed by atoms with Crippen molar-refractivity contribution in [1.82, 2.24) is 0 Å². The lowest BCUT2D eigenvalue weighted by molar-refractivity contribution is 0.413. The van der Waals surface area contributed by atoms with Crippen LogP contribution in [0.3, 0.4) is 0 Å². The molecule has 0 aliphatic rings. The van der Waals surface area contributed by atoms with E-state index in [4.69, 9.17) is 10.00 Å². The zero-order valence-corrected chi connectivity index (χ0v) is 8.76. The van der Waals surface area contributed by atoms with Gasteiger partial charge in [0, 0.05) is 10.0 Å². The minimum Gasteiger partial charge on any atom is -0.496 e. The number of nitriles is 1. The van der Waals surface area contributed by atoms with E-state index in [2.05, 4.69) is 22.5 Å². The largest absolute Gasteiger partial charge is 0.496 e. The van der Waals surface area contributed by atoms with Crippen LogP contribution in [0, 0.1) is 11.3 Å². The fraction of sp³-hybridized carbons (Fsp3) is 0.100. The standard InChI is InChI=1S/C10H8BrNO/c1-7(6-12)9-5-8(11)3-4-10(9)13-2/h3-5H,1H2,2H3. The summed E-state index contributed by atoms with van der Waals surface area (Å²) in [5.41, 5.74) is 1.12. The van der Waals surface area contributed by atoms with Gasteiger partial charge in [0.25, 0.3) is 0 Å². The van der Waals surface area contributed by atoms with Crippen LogP contribution < -0.4 is 4.74 Å². The highest BCUT2D eigenvalue weighted by Crippen LogP contribution is 2.27. The van der Waals surface area contributed by atoms with Crippen LogP contribution in [0.5, 0.6) is 5.75 Å². The molecule has 2 nitrogen and oxygen atoms in total. The number of ether oxygens (including phenoxy) is 1. The molecule has 0 saturated heterocycles. The van der Waals surface area contributed by atoms with Gasteiger partial charge in [-0.15, -0.1) is 0 Å². The van der Waals surface area contributed by atoms with Crippen molar-refractivity contribution >= 4 is 21.5 Å². The first-order valence-electron chi connectivity index (χ1n) is 3.62. The third-order valence-electron chi connectivity index (χ3n) is 1.62. The molecule has 1 rings (SSSR count). The van der Waals surface area contributed by atoms with E-state index in [1.54, 1.807) is 13.2 Å². The third kappa shape index (κ3) is 2.10. The Morgan fingerprint density at radius 1 is 1.62 bits per heavy atom. The smallest absolute Gasteiger partial charge is 0.127 e. The second-order valence-corrected chi connectivity index (χ2v) is 3.35. The summed E-state index contributed by atoms with van der Waals surface area (Å²) in [5.74, 6) is 0.662. The average Bonchev–Trinajstić information content (AvgIpc) is 2.16. The van der Waals surface area contributed by atoms with E-state index in [-0.39, 0.29) is 0 Å². The van der Waals surface area contributed by atoms with Crippen LogP contribution in [-0.4, -0.2) is 7.11 Å². The summed E-state index contributed by atoms with van der Waals surface area (Å²) in [6.07, 6.45) is 0. The maximum absolute atomic E-state index is 8.68. The molecule has 0 spiro atoms. The monoisotopic (exact) mass is 237 g/mol. The molecule has 0 unspecified atom stereocenters. The first-order chi connectivity index (χ1) is 6.19. The third-order valence-corrected chi connectivity index (χ3v) is 2.11. The van der Waals surface area contributed by atoms with Crippen molar-refractivity contribution in [2.24, 2.45) is 0 Å². The van der Waals surface area contributed by atoms with Gasteiger partial charge < -0.3 is 4.74 Å². The number of rotatable bonds is 2. The van der Waals surface area contributed by atoms with Gasteiger partial charge in [-0.3, -0.25) is 0 Å². The number of allylic oxidation sites excluding steroid dienone is 1. The van der Waals surface area contributed by atoms with Crippen LogP contribution in [0.25, 0.3) is 5.57 Å². The molecule has 13 heavy (non-hydrogen) atoms. The Morgan fingerprint density at radius 2 is 2.31 bits per heavy atom. The van der Waals surface area contributed by atoms with Gasteiger partial charge in [0.15, 0.2) is 0 Å². The number of nitrogens with zero attached hydrogens (tertiary/aromatic N) is 1. The molecule has 0 amide bonds. The molecule has 0 aliphatic carbocycles. The van der Waals surface area contributed by atoms with Crippen molar-refractivity contribution in [3.8, 4) is 11.8 Å². The first-order valence-corrected chi connectivity index (χ1v) is 4.41. The van der Waals surface area contributed by atoms with Crippen molar-refractivity contribution in [2.45, 2.75) is 0 Å². The normalized spacial score (nSPS) is 9.00. The van der Waals surface area contributed by atoms with Crippen LogP contribution in [0.1, 0.15) is 5.56 Å². The van der Waals surface area contributed by atoms with Crippen LogP contribution in [0.15, 0.2) is 29.3 Å². The van der Waals surface area contributed by atoms with Crippen LogP contribution in [-0.2, 0) is 0 Å². The molecule has 0 radical (unpaired) electrons. The van der Waals surface area contributed by atoms with Crippen molar-refractivity contribution in [1.29, 1.82) is 5.26 Å². The molecule has 0 bridgehead atoms. The Balaban J connectivity index is 3.25. The van der Waals surface area contributed by atoms with E-state index in [0.717, 1.165) is 10.0 Å². The van der Waals surface area contributed by atoms with Crippen molar-refractivity contribution in [2.75, 3.05) is 7.11 Å². The zero-order chi connectivity index (χ0) is 9.84. The summed E-state index contributed by atoms with van der Waals surface area (Å²) < 4.78 is 5.99. The molecule has 3 heteroatoms. The summed E-state index contributed by atoms with van der Waals surface area (Å²) >= 11 is 3.32. The minimum absolute atomic E-state index is 0.401. The topological polar surface area (TPSA) is 33.0 Å². The van der Waals surface area contributed by atoms with Crippen LogP contribution in [0.4, 0.5) is 0 Å². The Morgan fingerprint density at radius 3 is 2.85 bits per heavy atom. The maximum Gasteiger partial charge on any atom is 0.127 e. The lowest BCUT2D eigenvalue weighted by atomic mass is 10.1. The van der Waals surface area contributed by atoms with Crippen molar-refractivity contribution < 1.29 is 4.74 Å². The van der Waals surface area contributed by atoms with Gasteiger partial charge in [0.05, 0.1) is 18.8 Å². The van der Waals surface area contributed by atoms with Gasteiger partial charge in [-0.05, 0) is 18.2 Å². The molecule has 1 aromatic rings. The Kier molecular flexibility index (Phi) is 3.10. The second-order valence-electron chi connectivity index (χ2n) is 2.43. The number of benzene rings is 1. The molecule has 66 valence electrons. The van der Waals surface area contributed by atoms with Gasteiger partial charge >= 0.3 is 0 Å². The molecule has 0 saturated carbocycles. The van der Waals surface area contributed by atoms with Crippen molar-refractivity contribution in [3.05, 3.63) is 34.8 Å². The fourth-order valence-corrected chi connectivity index (χ4v) is 1.34. The van der Waals surface area contributed by atoms with E-state index in [0.29, 0.717) is 11.3 Å². The lowest BCUT2D eigenvalue weighted by Crippen LogP contribution is -1.89. The van der Waals surface area contributed by atoms with Gasteiger partial charge in [0.2, 0.25) is 0 Å². The van der Waals surface area contributed by atoms with E-state index in [1.165, 1.54) is 0 Å². The Hall–Kier alpha value is -1.27. The van der Waals surface area contributed by atoms with E-state index in [1.807, 2.05) is 18.2 Å². The first kappa shape index (κ1) is 9.82. The van der Waals surface area contributed by atoms with E-state index >= 15 is 0 Å². The van der Waals surface area contributed by atoms with E-state index in [9.17, 15) is 0 Å². The summed E-state index contributed by atoms with van der Waals surface area (Å²) in [5, 5.41) is 8.68.